The number of aromatic amines is 1. The van der Waals surface area contributed by atoms with Gasteiger partial charge in [-0.15, -0.1) is 0 Å². The summed E-state index contributed by atoms with van der Waals surface area (Å²) < 4.78 is 0. The van der Waals surface area contributed by atoms with Crippen LogP contribution in [0.25, 0.3) is 0 Å². The Balaban J connectivity index is 2.01. The van der Waals surface area contributed by atoms with E-state index in [4.69, 9.17) is 0 Å². The minimum Gasteiger partial charge on any atom is -0.348 e. The highest BCUT2D eigenvalue weighted by Crippen LogP contribution is 2.05. The standard InChI is InChI=1S/C11H10N2O2S/c14-10-8(2-1-4-12-10)6-13-11(15)9-3-5-16-7-9/h1-5,7H,6H2,(H,12,14)(H,13,15). The third-order valence-corrected chi connectivity index (χ3v) is 2.81. The van der Waals surface area contributed by atoms with Crippen LogP contribution in [0.4, 0.5) is 0 Å². The smallest absolute Gasteiger partial charge is 0.252 e. The molecule has 0 aliphatic rings. The van der Waals surface area contributed by atoms with Gasteiger partial charge in [0.05, 0.1) is 0 Å². The van der Waals surface area contributed by atoms with Gasteiger partial charge in [0.1, 0.15) is 0 Å². The second-order valence-corrected chi connectivity index (χ2v) is 4.00. The van der Waals surface area contributed by atoms with Crippen LogP contribution in [0.5, 0.6) is 0 Å². The van der Waals surface area contributed by atoms with Crippen LogP contribution in [0.3, 0.4) is 0 Å². The summed E-state index contributed by atoms with van der Waals surface area (Å²) in [5.74, 6) is -0.162. The summed E-state index contributed by atoms with van der Waals surface area (Å²) >= 11 is 1.46. The molecule has 82 valence electrons. The van der Waals surface area contributed by atoms with Crippen LogP contribution in [-0.4, -0.2) is 10.9 Å². The summed E-state index contributed by atoms with van der Waals surface area (Å²) in [7, 11) is 0. The van der Waals surface area contributed by atoms with Crippen molar-refractivity contribution in [2.75, 3.05) is 0 Å². The lowest BCUT2D eigenvalue weighted by atomic mass is 10.2. The van der Waals surface area contributed by atoms with E-state index >= 15 is 0 Å². The van der Waals surface area contributed by atoms with E-state index in [0.717, 1.165) is 0 Å². The minimum absolute atomic E-state index is 0.162. The van der Waals surface area contributed by atoms with Gasteiger partial charge in [-0.2, -0.15) is 11.3 Å². The second-order valence-electron chi connectivity index (χ2n) is 3.22. The van der Waals surface area contributed by atoms with Crippen LogP contribution in [-0.2, 0) is 6.54 Å². The Hall–Kier alpha value is -1.88. The number of hydrogen-bond acceptors (Lipinski definition) is 3. The lowest BCUT2D eigenvalue weighted by Gasteiger charge is -2.02. The van der Waals surface area contributed by atoms with E-state index in [1.54, 1.807) is 29.8 Å². The van der Waals surface area contributed by atoms with Gasteiger partial charge in [-0.1, -0.05) is 6.07 Å². The molecule has 2 aromatic heterocycles. The predicted molar refractivity (Wildman–Crippen MR) is 62.6 cm³/mol. The fourth-order valence-electron chi connectivity index (χ4n) is 1.27. The van der Waals surface area contributed by atoms with Gasteiger partial charge in [0.25, 0.3) is 11.5 Å². The first-order valence-electron chi connectivity index (χ1n) is 4.74. The highest BCUT2D eigenvalue weighted by Gasteiger charge is 2.05. The quantitative estimate of drug-likeness (QED) is 0.842. The first-order valence-corrected chi connectivity index (χ1v) is 5.68. The zero-order chi connectivity index (χ0) is 11.4. The molecule has 5 heteroatoms. The van der Waals surface area contributed by atoms with Crippen LogP contribution < -0.4 is 10.9 Å². The molecular weight excluding hydrogens is 224 g/mol. The topological polar surface area (TPSA) is 62.0 Å². The molecule has 0 aromatic carbocycles. The molecule has 1 amide bonds. The first kappa shape index (κ1) is 10.6. The van der Waals surface area contributed by atoms with Crippen LogP contribution in [0.1, 0.15) is 15.9 Å². The van der Waals surface area contributed by atoms with E-state index in [-0.39, 0.29) is 18.0 Å². The maximum atomic E-state index is 11.6. The largest absolute Gasteiger partial charge is 0.348 e. The number of carbonyl (C=O) groups is 1. The number of nitrogens with one attached hydrogen (secondary N) is 2. The van der Waals surface area contributed by atoms with Gasteiger partial charge < -0.3 is 10.3 Å². The number of pyridine rings is 1. The number of thiophene rings is 1. The van der Waals surface area contributed by atoms with Gasteiger partial charge >= 0.3 is 0 Å². The minimum atomic E-state index is -0.173. The number of H-pyrrole nitrogens is 1. The third-order valence-electron chi connectivity index (χ3n) is 2.12. The van der Waals surface area contributed by atoms with Crippen molar-refractivity contribution in [1.29, 1.82) is 0 Å². The van der Waals surface area contributed by atoms with Crippen LogP contribution >= 0.6 is 11.3 Å². The van der Waals surface area contributed by atoms with Crippen LogP contribution in [0, 0.1) is 0 Å². The van der Waals surface area contributed by atoms with Crippen molar-refractivity contribution in [2.45, 2.75) is 6.54 Å². The summed E-state index contributed by atoms with van der Waals surface area (Å²) in [6.07, 6.45) is 1.56. The normalized spacial score (nSPS) is 10.0. The lowest BCUT2D eigenvalue weighted by molar-refractivity contribution is 0.0951. The maximum absolute atomic E-state index is 11.6. The van der Waals surface area contributed by atoms with Gasteiger partial charge in [0, 0.05) is 29.2 Å². The van der Waals surface area contributed by atoms with Gasteiger partial charge in [-0.05, 0) is 17.5 Å². The van der Waals surface area contributed by atoms with Crippen molar-refractivity contribution in [2.24, 2.45) is 0 Å². The molecule has 0 aliphatic heterocycles. The number of carbonyl (C=O) groups excluding carboxylic acids is 1. The van der Waals surface area contributed by atoms with Crippen molar-refractivity contribution in [3.8, 4) is 0 Å². The van der Waals surface area contributed by atoms with Crippen molar-refractivity contribution < 1.29 is 4.79 Å². The Bertz CT molecular complexity index is 531. The molecular formula is C11H10N2O2S. The Morgan fingerprint density at radius 2 is 2.31 bits per heavy atom. The van der Waals surface area contributed by atoms with Gasteiger partial charge in [0.2, 0.25) is 0 Å². The van der Waals surface area contributed by atoms with Crippen LogP contribution in [0.2, 0.25) is 0 Å². The molecule has 0 aliphatic carbocycles. The second kappa shape index (κ2) is 4.76. The number of aromatic nitrogens is 1. The highest BCUT2D eigenvalue weighted by atomic mass is 32.1. The molecule has 2 aromatic rings. The zero-order valence-corrected chi connectivity index (χ0v) is 9.21. The molecule has 0 atom stereocenters. The fraction of sp³-hybridized carbons (Fsp3) is 0.0909. The Labute approximate surface area is 96.0 Å². The Morgan fingerprint density at radius 3 is 3.00 bits per heavy atom. The number of amides is 1. The van der Waals surface area contributed by atoms with Gasteiger partial charge in [-0.25, -0.2) is 0 Å². The van der Waals surface area contributed by atoms with Gasteiger partial charge in [-0.3, -0.25) is 9.59 Å². The molecule has 2 N–H and O–H groups in total. The Kier molecular flexibility index (Phi) is 3.16. The monoisotopic (exact) mass is 234 g/mol. The summed E-state index contributed by atoms with van der Waals surface area (Å²) in [6, 6.07) is 5.16. The number of rotatable bonds is 3. The molecule has 0 spiro atoms. The highest BCUT2D eigenvalue weighted by molar-refractivity contribution is 7.08. The summed E-state index contributed by atoms with van der Waals surface area (Å²) in [5, 5.41) is 6.30. The van der Waals surface area contributed by atoms with Crippen LogP contribution in [0.15, 0.2) is 40.0 Å². The van der Waals surface area contributed by atoms with E-state index in [1.807, 2.05) is 5.38 Å². The Morgan fingerprint density at radius 1 is 1.44 bits per heavy atom. The molecule has 0 saturated carbocycles. The lowest BCUT2D eigenvalue weighted by Crippen LogP contribution is -2.26. The molecule has 0 fully saturated rings. The molecule has 2 heterocycles. The summed E-state index contributed by atoms with van der Waals surface area (Å²) in [5.41, 5.74) is 0.997. The van der Waals surface area contributed by atoms with E-state index in [9.17, 15) is 9.59 Å². The summed E-state index contributed by atoms with van der Waals surface area (Å²) in [6.45, 7) is 0.241. The average molecular weight is 234 g/mol. The average Bonchev–Trinajstić information content (AvgIpc) is 2.81. The molecule has 0 unspecified atom stereocenters. The number of hydrogen-bond donors (Lipinski definition) is 2. The predicted octanol–water partition coefficient (Wildman–Crippen LogP) is 1.37. The SMILES string of the molecule is O=C(NCc1ccc[nH]c1=O)c1ccsc1. The molecule has 0 saturated heterocycles. The van der Waals surface area contributed by atoms with Crippen molar-refractivity contribution in [1.82, 2.24) is 10.3 Å². The van der Waals surface area contributed by atoms with Crippen molar-refractivity contribution in [3.63, 3.8) is 0 Å². The molecule has 4 nitrogen and oxygen atoms in total. The first-order chi connectivity index (χ1) is 7.77. The molecule has 2 rings (SSSR count). The van der Waals surface area contributed by atoms with Crippen molar-refractivity contribution in [3.05, 3.63) is 56.6 Å². The van der Waals surface area contributed by atoms with E-state index < -0.39 is 0 Å². The third kappa shape index (κ3) is 2.38. The molecule has 0 bridgehead atoms. The fourth-order valence-corrected chi connectivity index (χ4v) is 1.90. The van der Waals surface area contributed by atoms with Gasteiger partial charge in [0.15, 0.2) is 0 Å². The van der Waals surface area contributed by atoms with E-state index in [2.05, 4.69) is 10.3 Å². The van der Waals surface area contributed by atoms with E-state index in [1.165, 1.54) is 11.3 Å². The maximum Gasteiger partial charge on any atom is 0.252 e. The molecule has 0 radical (unpaired) electrons. The zero-order valence-electron chi connectivity index (χ0n) is 8.40. The van der Waals surface area contributed by atoms with E-state index in [0.29, 0.717) is 11.1 Å². The molecule has 16 heavy (non-hydrogen) atoms. The van der Waals surface area contributed by atoms with Crippen molar-refractivity contribution >= 4 is 17.2 Å². The summed E-state index contributed by atoms with van der Waals surface area (Å²) in [4.78, 5) is 25.4.